The van der Waals surface area contributed by atoms with Crippen LogP contribution in [0.3, 0.4) is 0 Å². The van der Waals surface area contributed by atoms with Gasteiger partial charge < -0.3 is 10.1 Å². The van der Waals surface area contributed by atoms with E-state index in [9.17, 15) is 18.5 Å². The highest BCUT2D eigenvalue weighted by Gasteiger charge is 2.14. The summed E-state index contributed by atoms with van der Waals surface area (Å²) in [5, 5.41) is 2.70. The number of ether oxygens (including phenoxy) is 1. The molecule has 0 bridgehead atoms. The summed E-state index contributed by atoms with van der Waals surface area (Å²) < 4.78 is 34.1. The van der Waals surface area contributed by atoms with E-state index in [-0.39, 0.29) is 34.0 Å². The van der Waals surface area contributed by atoms with E-state index >= 15 is 0 Å². The number of nitrogens with zero attached hydrogens (tertiary/aromatic N) is 3. The summed E-state index contributed by atoms with van der Waals surface area (Å²) >= 11 is 0. The molecule has 0 fully saturated rings. The zero-order chi connectivity index (χ0) is 21.3. The highest BCUT2D eigenvalue weighted by molar-refractivity contribution is 5.97. The minimum atomic E-state index is -0.814. The number of carbonyl (C=O) groups is 1. The lowest BCUT2D eigenvalue weighted by atomic mass is 10.2. The summed E-state index contributed by atoms with van der Waals surface area (Å²) in [7, 11) is 1.45. The average Bonchev–Trinajstić information content (AvgIpc) is 2.98. The number of aromatic nitrogens is 3. The molecule has 0 saturated heterocycles. The molecule has 4 rings (SSSR count). The van der Waals surface area contributed by atoms with E-state index in [2.05, 4.69) is 10.3 Å². The number of amides is 1. The van der Waals surface area contributed by atoms with E-state index in [1.807, 2.05) is 0 Å². The van der Waals surface area contributed by atoms with Gasteiger partial charge in [-0.1, -0.05) is 22.7 Å². The molecule has 1 N–H and O–H groups in total. The number of para-hydroxylation sites is 1. The van der Waals surface area contributed by atoms with Crippen LogP contribution < -0.4 is 15.7 Å². The van der Waals surface area contributed by atoms with Gasteiger partial charge in [0.2, 0.25) is 5.88 Å². The van der Waals surface area contributed by atoms with Crippen LogP contribution in [0.25, 0.3) is 11.0 Å². The van der Waals surface area contributed by atoms with Crippen molar-refractivity contribution in [2.75, 3.05) is 0 Å². The fourth-order valence-electron chi connectivity index (χ4n) is 2.94. The summed E-state index contributed by atoms with van der Waals surface area (Å²) in [6.07, 6.45) is 1.50. The highest BCUT2D eigenvalue weighted by Crippen LogP contribution is 2.22. The number of aryl methyl sites for hydroxylation is 1. The lowest BCUT2D eigenvalue weighted by molar-refractivity contribution is 0.0951. The number of fused-ring (bicyclic) bond motifs is 1. The van der Waals surface area contributed by atoms with E-state index in [4.69, 9.17) is 4.74 Å². The maximum Gasteiger partial charge on any atom is 0.357 e. The van der Waals surface area contributed by atoms with Gasteiger partial charge in [-0.3, -0.25) is 9.36 Å². The number of carbonyl (C=O) groups excluding carboxylic acids is 1. The number of pyridine rings is 1. The molecular formula is C21H16F2N4O3. The van der Waals surface area contributed by atoms with Gasteiger partial charge in [0.25, 0.3) is 5.91 Å². The van der Waals surface area contributed by atoms with Crippen molar-refractivity contribution < 1.29 is 18.4 Å². The smallest absolute Gasteiger partial charge is 0.357 e. The molecule has 4 aromatic rings. The molecule has 0 aliphatic heterocycles. The van der Waals surface area contributed by atoms with Crippen LogP contribution in [0.2, 0.25) is 0 Å². The van der Waals surface area contributed by atoms with Crippen LogP contribution in [-0.2, 0) is 13.6 Å². The molecule has 0 spiro atoms. The van der Waals surface area contributed by atoms with Crippen molar-refractivity contribution in [2.24, 2.45) is 7.05 Å². The van der Waals surface area contributed by atoms with Gasteiger partial charge in [-0.2, -0.15) is 0 Å². The zero-order valence-corrected chi connectivity index (χ0v) is 15.8. The molecule has 2 aromatic carbocycles. The van der Waals surface area contributed by atoms with Gasteiger partial charge in [0.1, 0.15) is 5.52 Å². The fourth-order valence-corrected chi connectivity index (χ4v) is 2.94. The van der Waals surface area contributed by atoms with E-state index in [1.165, 1.54) is 43.6 Å². The fraction of sp³-hybridized carbons (Fsp3) is 0.0952. The maximum atomic E-state index is 13.9. The van der Waals surface area contributed by atoms with Crippen LogP contribution in [0.15, 0.2) is 65.6 Å². The first-order valence-electron chi connectivity index (χ1n) is 8.97. The number of hydrogen-bond donors (Lipinski definition) is 1. The summed E-state index contributed by atoms with van der Waals surface area (Å²) in [5.41, 5.74) is 0.492. The molecule has 2 heterocycles. The van der Waals surface area contributed by atoms with Gasteiger partial charge in [-0.05, 0) is 35.9 Å². The van der Waals surface area contributed by atoms with Gasteiger partial charge in [0.15, 0.2) is 11.6 Å². The van der Waals surface area contributed by atoms with E-state index in [0.29, 0.717) is 11.1 Å². The van der Waals surface area contributed by atoms with Gasteiger partial charge in [-0.25, -0.2) is 14.2 Å². The molecule has 2 aromatic heterocycles. The number of rotatable bonds is 5. The van der Waals surface area contributed by atoms with Crippen molar-refractivity contribution in [3.8, 4) is 11.6 Å². The second-order valence-corrected chi connectivity index (χ2v) is 6.55. The Bertz CT molecular complexity index is 1300. The molecule has 0 saturated carbocycles. The number of hydrogen-bond acceptors (Lipinski definition) is 4. The predicted molar refractivity (Wildman–Crippen MR) is 106 cm³/mol. The van der Waals surface area contributed by atoms with Gasteiger partial charge in [0, 0.05) is 31.4 Å². The molecule has 30 heavy (non-hydrogen) atoms. The maximum absolute atomic E-state index is 13.9. The van der Waals surface area contributed by atoms with Crippen LogP contribution >= 0.6 is 0 Å². The molecule has 7 nitrogen and oxygen atoms in total. The molecule has 9 heteroatoms. The third-order valence-electron chi connectivity index (χ3n) is 4.57. The monoisotopic (exact) mass is 410 g/mol. The SMILES string of the molecule is Cn1c(=O)n(F)c2cc(C(=O)NCc3ccc(Oc4ccccc4F)nc3)ccc21. The summed E-state index contributed by atoms with van der Waals surface area (Å²) in [5.74, 6) is -0.649. The van der Waals surface area contributed by atoms with Crippen molar-refractivity contribution >= 4 is 16.9 Å². The molecule has 0 radical (unpaired) electrons. The summed E-state index contributed by atoms with van der Waals surface area (Å²) in [6.45, 7) is 0.168. The first kappa shape index (κ1) is 19.3. The van der Waals surface area contributed by atoms with Crippen molar-refractivity contribution in [3.05, 3.63) is 88.2 Å². The molecular weight excluding hydrogens is 394 g/mol. The summed E-state index contributed by atoms with van der Waals surface area (Å²) in [4.78, 5) is 28.2. The van der Waals surface area contributed by atoms with Crippen LogP contribution in [-0.4, -0.2) is 20.2 Å². The Morgan fingerprint density at radius 2 is 1.93 bits per heavy atom. The zero-order valence-electron chi connectivity index (χ0n) is 15.8. The minimum Gasteiger partial charge on any atom is -0.436 e. The minimum absolute atomic E-state index is 0.00429. The lowest BCUT2D eigenvalue weighted by Crippen LogP contribution is -2.22. The topological polar surface area (TPSA) is 78.2 Å². The molecule has 0 aliphatic carbocycles. The van der Waals surface area contributed by atoms with Crippen molar-refractivity contribution in [3.63, 3.8) is 0 Å². The molecule has 0 atom stereocenters. The molecule has 0 aliphatic rings. The molecule has 0 unspecified atom stereocenters. The van der Waals surface area contributed by atoms with Crippen LogP contribution in [0.1, 0.15) is 15.9 Å². The highest BCUT2D eigenvalue weighted by atomic mass is 19.2. The Balaban J connectivity index is 1.42. The normalized spacial score (nSPS) is 10.9. The molecule has 152 valence electrons. The number of halogens is 2. The second kappa shape index (κ2) is 7.78. The third kappa shape index (κ3) is 3.64. The summed E-state index contributed by atoms with van der Waals surface area (Å²) in [6, 6.07) is 13.6. The second-order valence-electron chi connectivity index (χ2n) is 6.55. The first-order chi connectivity index (χ1) is 14.4. The molecule has 1 amide bonds. The van der Waals surface area contributed by atoms with Crippen LogP contribution in [0, 0.1) is 5.82 Å². The van der Waals surface area contributed by atoms with E-state index in [1.54, 1.807) is 24.3 Å². The number of imidazole rings is 1. The number of nitrogens with one attached hydrogen (secondary N) is 1. The Morgan fingerprint density at radius 3 is 2.67 bits per heavy atom. The predicted octanol–water partition coefficient (Wildman–Crippen LogP) is 3.33. The first-order valence-corrected chi connectivity index (χ1v) is 8.97. The van der Waals surface area contributed by atoms with Gasteiger partial charge in [-0.15, -0.1) is 4.79 Å². The Kier molecular flexibility index (Phi) is 5.01. The Hall–Kier alpha value is -4.01. The van der Waals surface area contributed by atoms with E-state index < -0.39 is 17.4 Å². The standard InChI is InChI=1S/C21H16F2N4O3/c1-26-16-8-7-14(10-17(16)27(23)21(26)29)20(28)25-12-13-6-9-19(24-11-13)30-18-5-3-2-4-15(18)22/h2-11H,12H2,1H3,(H,25,28). The third-order valence-corrected chi connectivity index (χ3v) is 4.57. The average molecular weight is 410 g/mol. The van der Waals surface area contributed by atoms with Crippen molar-refractivity contribution in [1.82, 2.24) is 19.7 Å². The van der Waals surface area contributed by atoms with E-state index in [0.717, 1.165) is 4.57 Å². The van der Waals surface area contributed by atoms with Crippen LogP contribution in [0.4, 0.5) is 8.87 Å². The van der Waals surface area contributed by atoms with Crippen LogP contribution in [0.5, 0.6) is 11.6 Å². The Morgan fingerprint density at radius 1 is 1.13 bits per heavy atom. The van der Waals surface area contributed by atoms with Crippen molar-refractivity contribution in [2.45, 2.75) is 6.54 Å². The Labute approximate surface area is 169 Å². The van der Waals surface area contributed by atoms with Crippen molar-refractivity contribution in [1.29, 1.82) is 0 Å². The van der Waals surface area contributed by atoms with Gasteiger partial charge in [0.05, 0.1) is 5.52 Å². The largest absolute Gasteiger partial charge is 0.436 e. The van der Waals surface area contributed by atoms with Gasteiger partial charge >= 0.3 is 5.69 Å². The lowest BCUT2D eigenvalue weighted by Gasteiger charge is -2.08. The quantitative estimate of drug-likeness (QED) is 0.548. The number of benzene rings is 2.